The van der Waals surface area contributed by atoms with E-state index < -0.39 is 0 Å². The van der Waals surface area contributed by atoms with Crippen molar-refractivity contribution in [3.05, 3.63) is 29.8 Å². The Morgan fingerprint density at radius 2 is 2.12 bits per heavy atom. The monoisotopic (exact) mass is 237 g/mol. The van der Waals surface area contributed by atoms with E-state index in [4.69, 9.17) is 9.47 Å². The molecule has 0 aromatic heterocycles. The summed E-state index contributed by atoms with van der Waals surface area (Å²) in [5.41, 5.74) is 1.25. The SMILES string of the molecule is CCC(C)NCc1cccc(OCCOC)c1. The second-order valence-corrected chi connectivity index (χ2v) is 4.18. The Labute approximate surface area is 104 Å². The van der Waals surface area contributed by atoms with Crippen LogP contribution in [0.4, 0.5) is 0 Å². The smallest absolute Gasteiger partial charge is 0.119 e. The van der Waals surface area contributed by atoms with E-state index in [1.807, 2.05) is 12.1 Å². The van der Waals surface area contributed by atoms with Gasteiger partial charge in [0.05, 0.1) is 6.61 Å². The Balaban J connectivity index is 2.42. The highest BCUT2D eigenvalue weighted by Gasteiger charge is 2.00. The van der Waals surface area contributed by atoms with E-state index >= 15 is 0 Å². The van der Waals surface area contributed by atoms with E-state index in [0.717, 1.165) is 18.7 Å². The zero-order valence-corrected chi connectivity index (χ0v) is 11.0. The highest BCUT2D eigenvalue weighted by atomic mass is 16.5. The zero-order chi connectivity index (χ0) is 12.5. The fourth-order valence-corrected chi connectivity index (χ4v) is 1.42. The quantitative estimate of drug-likeness (QED) is 0.705. The molecular weight excluding hydrogens is 214 g/mol. The summed E-state index contributed by atoms with van der Waals surface area (Å²) in [6.45, 7) is 6.48. The van der Waals surface area contributed by atoms with Gasteiger partial charge in [-0.3, -0.25) is 0 Å². The van der Waals surface area contributed by atoms with Crippen molar-refractivity contribution >= 4 is 0 Å². The van der Waals surface area contributed by atoms with E-state index in [2.05, 4.69) is 31.3 Å². The summed E-state index contributed by atoms with van der Waals surface area (Å²) in [4.78, 5) is 0. The van der Waals surface area contributed by atoms with Crippen LogP contribution in [0.15, 0.2) is 24.3 Å². The molecule has 0 bridgehead atoms. The minimum Gasteiger partial charge on any atom is -0.491 e. The molecule has 1 N–H and O–H groups in total. The number of benzene rings is 1. The first-order chi connectivity index (χ1) is 8.26. The van der Waals surface area contributed by atoms with Crippen LogP contribution in [0.1, 0.15) is 25.8 Å². The van der Waals surface area contributed by atoms with Gasteiger partial charge in [0, 0.05) is 19.7 Å². The minimum absolute atomic E-state index is 0.549. The zero-order valence-electron chi connectivity index (χ0n) is 11.0. The predicted octanol–water partition coefficient (Wildman–Crippen LogP) is 2.60. The Morgan fingerprint density at radius 3 is 2.82 bits per heavy atom. The van der Waals surface area contributed by atoms with Crippen LogP contribution >= 0.6 is 0 Å². The van der Waals surface area contributed by atoms with Gasteiger partial charge in [-0.1, -0.05) is 19.1 Å². The molecule has 0 amide bonds. The molecule has 0 radical (unpaired) electrons. The molecule has 0 saturated heterocycles. The highest BCUT2D eigenvalue weighted by molar-refractivity contribution is 5.28. The standard InChI is InChI=1S/C14H23NO2/c1-4-12(2)15-11-13-6-5-7-14(10-13)17-9-8-16-3/h5-7,10,12,15H,4,8-9,11H2,1-3H3. The molecule has 3 nitrogen and oxygen atoms in total. The van der Waals surface area contributed by atoms with Crippen LogP contribution in [0.2, 0.25) is 0 Å². The van der Waals surface area contributed by atoms with Crippen molar-refractivity contribution in [2.24, 2.45) is 0 Å². The van der Waals surface area contributed by atoms with Gasteiger partial charge in [-0.25, -0.2) is 0 Å². The first kappa shape index (κ1) is 14.0. The maximum Gasteiger partial charge on any atom is 0.119 e. The van der Waals surface area contributed by atoms with Crippen molar-refractivity contribution in [1.82, 2.24) is 5.32 Å². The molecule has 0 spiro atoms. The molecule has 0 heterocycles. The second kappa shape index (κ2) is 8.09. The van der Waals surface area contributed by atoms with E-state index in [9.17, 15) is 0 Å². The number of methoxy groups -OCH3 is 1. The minimum atomic E-state index is 0.549. The molecule has 1 aromatic rings. The fraction of sp³-hybridized carbons (Fsp3) is 0.571. The van der Waals surface area contributed by atoms with Crippen LogP contribution in [0, 0.1) is 0 Å². The summed E-state index contributed by atoms with van der Waals surface area (Å²) < 4.78 is 10.5. The Kier molecular flexibility index (Phi) is 6.67. The lowest BCUT2D eigenvalue weighted by atomic mass is 10.2. The van der Waals surface area contributed by atoms with Crippen LogP contribution in [-0.4, -0.2) is 26.4 Å². The summed E-state index contributed by atoms with van der Waals surface area (Å²) in [6.07, 6.45) is 1.14. The topological polar surface area (TPSA) is 30.5 Å². The van der Waals surface area contributed by atoms with Gasteiger partial charge in [-0.15, -0.1) is 0 Å². The number of hydrogen-bond donors (Lipinski definition) is 1. The van der Waals surface area contributed by atoms with Gasteiger partial charge < -0.3 is 14.8 Å². The fourth-order valence-electron chi connectivity index (χ4n) is 1.42. The summed E-state index contributed by atoms with van der Waals surface area (Å²) in [5, 5.41) is 3.46. The van der Waals surface area contributed by atoms with E-state index in [0.29, 0.717) is 19.3 Å². The van der Waals surface area contributed by atoms with Crippen molar-refractivity contribution in [3.8, 4) is 5.75 Å². The molecule has 1 atom stereocenters. The molecule has 0 aliphatic rings. The van der Waals surface area contributed by atoms with Crippen LogP contribution < -0.4 is 10.1 Å². The van der Waals surface area contributed by atoms with Gasteiger partial charge in [0.2, 0.25) is 0 Å². The van der Waals surface area contributed by atoms with Gasteiger partial charge in [-0.2, -0.15) is 0 Å². The average molecular weight is 237 g/mol. The third kappa shape index (κ3) is 5.71. The second-order valence-electron chi connectivity index (χ2n) is 4.18. The van der Waals surface area contributed by atoms with E-state index in [1.54, 1.807) is 7.11 Å². The summed E-state index contributed by atoms with van der Waals surface area (Å²) in [6, 6.07) is 8.73. The Bertz CT molecular complexity index is 315. The van der Waals surface area contributed by atoms with Gasteiger partial charge in [0.1, 0.15) is 12.4 Å². The van der Waals surface area contributed by atoms with Crippen LogP contribution in [-0.2, 0) is 11.3 Å². The summed E-state index contributed by atoms with van der Waals surface area (Å²) in [7, 11) is 1.68. The van der Waals surface area contributed by atoms with Crippen LogP contribution in [0.3, 0.4) is 0 Å². The lowest BCUT2D eigenvalue weighted by Gasteiger charge is -2.12. The highest BCUT2D eigenvalue weighted by Crippen LogP contribution is 2.13. The summed E-state index contributed by atoms with van der Waals surface area (Å²) >= 11 is 0. The van der Waals surface area contributed by atoms with Gasteiger partial charge in [0.15, 0.2) is 0 Å². The molecule has 1 aromatic carbocycles. The first-order valence-corrected chi connectivity index (χ1v) is 6.20. The van der Waals surface area contributed by atoms with Gasteiger partial charge in [-0.05, 0) is 31.0 Å². The van der Waals surface area contributed by atoms with Crippen molar-refractivity contribution < 1.29 is 9.47 Å². The number of hydrogen-bond acceptors (Lipinski definition) is 3. The lowest BCUT2D eigenvalue weighted by molar-refractivity contribution is 0.146. The normalized spacial score (nSPS) is 12.4. The Hall–Kier alpha value is -1.06. The van der Waals surface area contributed by atoms with Gasteiger partial charge in [0.25, 0.3) is 0 Å². The van der Waals surface area contributed by atoms with Crippen molar-refractivity contribution in [2.75, 3.05) is 20.3 Å². The molecule has 96 valence electrons. The molecule has 17 heavy (non-hydrogen) atoms. The molecule has 0 fully saturated rings. The molecule has 1 rings (SSSR count). The van der Waals surface area contributed by atoms with Crippen molar-refractivity contribution in [2.45, 2.75) is 32.9 Å². The predicted molar refractivity (Wildman–Crippen MR) is 70.4 cm³/mol. The maximum atomic E-state index is 5.57. The third-order valence-electron chi connectivity index (χ3n) is 2.72. The van der Waals surface area contributed by atoms with Crippen LogP contribution in [0.5, 0.6) is 5.75 Å². The molecule has 1 unspecified atom stereocenters. The summed E-state index contributed by atoms with van der Waals surface area (Å²) in [5.74, 6) is 0.908. The molecule has 0 saturated carbocycles. The van der Waals surface area contributed by atoms with E-state index in [-0.39, 0.29) is 0 Å². The molecule has 0 aliphatic heterocycles. The van der Waals surface area contributed by atoms with E-state index in [1.165, 1.54) is 5.56 Å². The first-order valence-electron chi connectivity index (χ1n) is 6.20. The number of ether oxygens (including phenoxy) is 2. The van der Waals surface area contributed by atoms with Crippen molar-refractivity contribution in [1.29, 1.82) is 0 Å². The van der Waals surface area contributed by atoms with Gasteiger partial charge >= 0.3 is 0 Å². The molecule has 3 heteroatoms. The lowest BCUT2D eigenvalue weighted by Crippen LogP contribution is -2.24. The maximum absolute atomic E-state index is 5.57. The third-order valence-corrected chi connectivity index (χ3v) is 2.72. The van der Waals surface area contributed by atoms with Crippen molar-refractivity contribution in [3.63, 3.8) is 0 Å². The molecule has 0 aliphatic carbocycles. The average Bonchev–Trinajstić information content (AvgIpc) is 2.37. The molecular formula is C14H23NO2. The number of rotatable bonds is 8. The number of nitrogens with one attached hydrogen (secondary N) is 1. The largest absolute Gasteiger partial charge is 0.491 e. The Morgan fingerprint density at radius 1 is 1.29 bits per heavy atom. The van der Waals surface area contributed by atoms with Crippen LogP contribution in [0.25, 0.3) is 0 Å².